The van der Waals surface area contributed by atoms with E-state index in [1.54, 1.807) is 12.4 Å². The second-order valence-electron chi connectivity index (χ2n) is 4.06. The third kappa shape index (κ3) is 2.59. The molecule has 0 amide bonds. The van der Waals surface area contributed by atoms with E-state index >= 15 is 0 Å². The van der Waals surface area contributed by atoms with Crippen molar-refractivity contribution in [1.82, 2.24) is 4.98 Å². The molecule has 3 N–H and O–H groups in total. The molecule has 1 aromatic rings. The van der Waals surface area contributed by atoms with Gasteiger partial charge in [-0.3, -0.25) is 4.98 Å². The number of nitrogens with two attached hydrogens (primary N) is 1. The number of ether oxygens (including phenoxy) is 1. The Balaban J connectivity index is 1.95. The van der Waals surface area contributed by atoms with Gasteiger partial charge in [0.2, 0.25) is 0 Å². The van der Waals surface area contributed by atoms with Crippen LogP contribution in [-0.2, 0) is 4.74 Å². The average Bonchev–Trinajstić information content (AvgIpc) is 2.70. The van der Waals surface area contributed by atoms with Crippen molar-refractivity contribution in [2.75, 3.05) is 24.3 Å². The fourth-order valence-corrected chi connectivity index (χ4v) is 1.86. The van der Waals surface area contributed by atoms with Crippen LogP contribution in [0.2, 0.25) is 0 Å². The van der Waals surface area contributed by atoms with Crippen molar-refractivity contribution >= 4 is 11.4 Å². The maximum atomic E-state index is 5.66. The van der Waals surface area contributed by atoms with E-state index < -0.39 is 0 Å². The summed E-state index contributed by atoms with van der Waals surface area (Å²) in [4.78, 5) is 4.05. The minimum Gasteiger partial charge on any atom is -0.397 e. The van der Waals surface area contributed by atoms with E-state index in [-0.39, 0.29) is 0 Å². The largest absolute Gasteiger partial charge is 0.397 e. The summed E-state index contributed by atoms with van der Waals surface area (Å²) in [6.45, 7) is 3.90. The van der Waals surface area contributed by atoms with Crippen molar-refractivity contribution in [3.63, 3.8) is 0 Å². The van der Waals surface area contributed by atoms with Gasteiger partial charge in [0.25, 0.3) is 0 Å². The minimum absolute atomic E-state index is 0.399. The summed E-state index contributed by atoms with van der Waals surface area (Å²) in [6, 6.07) is 2.30. The summed E-state index contributed by atoms with van der Waals surface area (Å²) in [5.41, 5.74) is 7.33. The summed E-state index contributed by atoms with van der Waals surface area (Å²) in [5.74, 6) is 0.589. The van der Waals surface area contributed by atoms with Crippen LogP contribution in [0.4, 0.5) is 11.4 Å². The van der Waals surface area contributed by atoms with Crippen molar-refractivity contribution < 1.29 is 4.74 Å². The van der Waals surface area contributed by atoms with Gasteiger partial charge >= 0.3 is 0 Å². The molecule has 4 nitrogen and oxygen atoms in total. The molecule has 1 aliphatic heterocycles. The van der Waals surface area contributed by atoms with Crippen molar-refractivity contribution in [3.8, 4) is 0 Å². The van der Waals surface area contributed by atoms with Crippen LogP contribution in [0.5, 0.6) is 0 Å². The Morgan fingerprint density at radius 1 is 1.60 bits per heavy atom. The number of hydrogen-bond donors (Lipinski definition) is 2. The predicted octanol–water partition coefficient (Wildman–Crippen LogP) is 1.50. The first-order valence-electron chi connectivity index (χ1n) is 5.30. The molecule has 4 heteroatoms. The van der Waals surface area contributed by atoms with Gasteiger partial charge in [-0.1, -0.05) is 0 Å². The molecule has 2 heterocycles. The lowest BCUT2D eigenvalue weighted by molar-refractivity contribution is 0.183. The van der Waals surface area contributed by atoms with Crippen molar-refractivity contribution in [3.05, 3.63) is 18.5 Å². The Morgan fingerprint density at radius 3 is 3.13 bits per heavy atom. The summed E-state index contributed by atoms with van der Waals surface area (Å²) in [7, 11) is 0. The highest BCUT2D eigenvalue weighted by Gasteiger charge is 2.21. The number of nitrogen functional groups attached to an aromatic ring is 1. The zero-order chi connectivity index (χ0) is 10.7. The number of anilines is 2. The summed E-state index contributed by atoms with van der Waals surface area (Å²) in [5, 5.41) is 3.40. The lowest BCUT2D eigenvalue weighted by Crippen LogP contribution is -2.26. The fourth-order valence-electron chi connectivity index (χ4n) is 1.86. The van der Waals surface area contributed by atoms with E-state index in [0.29, 0.717) is 17.6 Å². The molecule has 82 valence electrons. The number of nitrogens with one attached hydrogen (secondary N) is 1. The van der Waals surface area contributed by atoms with Gasteiger partial charge in [0.15, 0.2) is 0 Å². The highest BCUT2D eigenvalue weighted by Crippen LogP contribution is 2.20. The molecule has 0 aromatic carbocycles. The highest BCUT2D eigenvalue weighted by atomic mass is 16.5. The minimum atomic E-state index is 0.399. The van der Waals surface area contributed by atoms with E-state index in [1.807, 2.05) is 6.07 Å². The van der Waals surface area contributed by atoms with Crippen LogP contribution in [0.25, 0.3) is 0 Å². The summed E-state index contributed by atoms with van der Waals surface area (Å²) < 4.78 is 5.36. The Labute approximate surface area is 89.8 Å². The number of rotatable bonds is 3. The van der Waals surface area contributed by atoms with E-state index in [4.69, 9.17) is 10.5 Å². The van der Waals surface area contributed by atoms with Crippen LogP contribution < -0.4 is 11.1 Å². The Morgan fingerprint density at radius 2 is 2.47 bits per heavy atom. The van der Waals surface area contributed by atoms with Gasteiger partial charge < -0.3 is 15.8 Å². The zero-order valence-electron chi connectivity index (χ0n) is 8.94. The van der Waals surface area contributed by atoms with Gasteiger partial charge in [0.05, 0.1) is 24.2 Å². The Bertz CT molecular complexity index is 323. The maximum absolute atomic E-state index is 5.66. The topological polar surface area (TPSA) is 60.2 Å². The molecule has 1 fully saturated rings. The third-order valence-corrected chi connectivity index (χ3v) is 2.83. The van der Waals surface area contributed by atoms with Gasteiger partial charge in [0.1, 0.15) is 0 Å². The molecular weight excluding hydrogens is 190 g/mol. The monoisotopic (exact) mass is 207 g/mol. The zero-order valence-corrected chi connectivity index (χ0v) is 8.94. The third-order valence-electron chi connectivity index (χ3n) is 2.83. The number of aromatic nitrogens is 1. The molecule has 0 spiro atoms. The van der Waals surface area contributed by atoms with Crippen LogP contribution in [0.15, 0.2) is 18.5 Å². The van der Waals surface area contributed by atoms with Crippen LogP contribution >= 0.6 is 0 Å². The maximum Gasteiger partial charge on any atom is 0.0549 e. The first kappa shape index (κ1) is 10.2. The molecule has 0 aliphatic carbocycles. The quantitative estimate of drug-likeness (QED) is 0.788. The number of hydrogen-bond acceptors (Lipinski definition) is 4. The number of pyridine rings is 1. The van der Waals surface area contributed by atoms with Gasteiger partial charge in [-0.15, -0.1) is 0 Å². The van der Waals surface area contributed by atoms with Crippen molar-refractivity contribution in [1.29, 1.82) is 0 Å². The first-order valence-corrected chi connectivity index (χ1v) is 5.30. The van der Waals surface area contributed by atoms with Gasteiger partial charge in [-0.25, -0.2) is 0 Å². The van der Waals surface area contributed by atoms with Crippen molar-refractivity contribution in [2.45, 2.75) is 19.4 Å². The standard InChI is InChI=1S/C11H17N3O/c1-8(9-2-3-15-7-9)14-11-4-10(12)5-13-6-11/h4-6,8-9,14H,2-3,7,12H2,1H3. The molecular formula is C11H17N3O. The molecule has 0 bridgehead atoms. The second kappa shape index (κ2) is 4.49. The first-order chi connectivity index (χ1) is 7.25. The molecule has 0 saturated carbocycles. The predicted molar refractivity (Wildman–Crippen MR) is 60.7 cm³/mol. The molecule has 0 radical (unpaired) electrons. The summed E-state index contributed by atoms with van der Waals surface area (Å²) >= 11 is 0. The average molecular weight is 207 g/mol. The molecule has 1 saturated heterocycles. The van der Waals surface area contributed by atoms with Crippen molar-refractivity contribution in [2.24, 2.45) is 5.92 Å². The van der Waals surface area contributed by atoms with Crippen LogP contribution in [0.1, 0.15) is 13.3 Å². The lowest BCUT2D eigenvalue weighted by Gasteiger charge is -2.20. The molecule has 15 heavy (non-hydrogen) atoms. The SMILES string of the molecule is CC(Nc1cncc(N)c1)C1CCOC1. The van der Waals surface area contributed by atoms with E-state index in [9.17, 15) is 0 Å². The van der Waals surface area contributed by atoms with E-state index in [0.717, 1.165) is 25.3 Å². The van der Waals surface area contributed by atoms with E-state index in [1.165, 1.54) is 0 Å². The molecule has 2 atom stereocenters. The molecule has 2 rings (SSSR count). The molecule has 1 aromatic heterocycles. The van der Waals surface area contributed by atoms with Crippen LogP contribution in [-0.4, -0.2) is 24.2 Å². The highest BCUT2D eigenvalue weighted by molar-refractivity contribution is 5.51. The van der Waals surface area contributed by atoms with Crippen LogP contribution in [0, 0.1) is 5.92 Å². The normalized spacial score (nSPS) is 22.6. The fraction of sp³-hybridized carbons (Fsp3) is 0.545. The second-order valence-corrected chi connectivity index (χ2v) is 4.06. The van der Waals surface area contributed by atoms with E-state index in [2.05, 4.69) is 17.2 Å². The van der Waals surface area contributed by atoms with Gasteiger partial charge in [0, 0.05) is 24.8 Å². The van der Waals surface area contributed by atoms with Gasteiger partial charge in [-0.2, -0.15) is 0 Å². The Hall–Kier alpha value is -1.29. The number of nitrogens with zero attached hydrogens (tertiary/aromatic N) is 1. The lowest BCUT2D eigenvalue weighted by atomic mass is 10.0. The Kier molecular flexibility index (Phi) is 3.06. The van der Waals surface area contributed by atoms with Gasteiger partial charge in [-0.05, 0) is 19.4 Å². The van der Waals surface area contributed by atoms with Crippen LogP contribution in [0.3, 0.4) is 0 Å². The summed E-state index contributed by atoms with van der Waals surface area (Å²) in [6.07, 6.45) is 4.57. The molecule has 2 unspecified atom stereocenters. The molecule has 1 aliphatic rings. The smallest absolute Gasteiger partial charge is 0.0549 e.